The molecule has 0 spiro atoms. The van der Waals surface area contributed by atoms with Gasteiger partial charge in [0.2, 0.25) is 5.91 Å². The molecule has 194 valence electrons. The molecule has 0 bridgehead atoms. The standard InChI is InChI=1S/C24H27NO10S/c1-12(27)25(13-6-3-2-4-7-13)16(23(33)34)10-15-14(22(31)32)8-5-9-18(15)36-24-21(30)20(29)19(28)17(11-26)35-24/h2-9,16-17,19-21,24,26,28-30H,10-11H2,1H3,(H,31,32)(H,33,34)/t16-,17+,19+,20-,21-,24?/m0/s1. The smallest absolute Gasteiger partial charge is 0.336 e. The molecule has 3 rings (SSSR count). The third-order valence-corrected chi connectivity index (χ3v) is 7.08. The largest absolute Gasteiger partial charge is 0.480 e. The molecule has 1 fully saturated rings. The van der Waals surface area contributed by atoms with E-state index >= 15 is 0 Å². The Bertz CT molecular complexity index is 1100. The normalized spacial score (nSPS) is 24.6. The fraction of sp³-hybridized carbons (Fsp3) is 0.375. The number of amides is 1. The van der Waals surface area contributed by atoms with Crippen molar-refractivity contribution >= 4 is 35.3 Å². The molecule has 1 aliphatic rings. The van der Waals surface area contributed by atoms with Gasteiger partial charge >= 0.3 is 11.9 Å². The van der Waals surface area contributed by atoms with Gasteiger partial charge in [0.15, 0.2) is 0 Å². The lowest BCUT2D eigenvalue weighted by Crippen LogP contribution is -2.57. The summed E-state index contributed by atoms with van der Waals surface area (Å²) in [6, 6.07) is 10.8. The average Bonchev–Trinajstić information content (AvgIpc) is 2.84. The van der Waals surface area contributed by atoms with E-state index < -0.39 is 66.8 Å². The average molecular weight is 522 g/mol. The van der Waals surface area contributed by atoms with Gasteiger partial charge in [-0.05, 0) is 29.8 Å². The Labute approximate surface area is 210 Å². The number of carbonyl (C=O) groups excluding carboxylic acids is 1. The van der Waals surface area contributed by atoms with Crippen LogP contribution in [0, 0.1) is 0 Å². The summed E-state index contributed by atoms with van der Waals surface area (Å²) in [6.07, 6.45) is -6.38. The molecule has 1 aliphatic heterocycles. The van der Waals surface area contributed by atoms with Crippen molar-refractivity contribution in [1.29, 1.82) is 0 Å². The number of anilines is 1. The van der Waals surface area contributed by atoms with Crippen LogP contribution in [0.4, 0.5) is 5.69 Å². The van der Waals surface area contributed by atoms with Crippen LogP contribution in [-0.4, -0.2) is 91.0 Å². The van der Waals surface area contributed by atoms with Crippen molar-refractivity contribution in [3.8, 4) is 0 Å². The lowest BCUT2D eigenvalue weighted by Gasteiger charge is -2.39. The number of aliphatic hydroxyl groups excluding tert-OH is 4. The zero-order valence-corrected chi connectivity index (χ0v) is 20.0. The molecule has 0 aromatic heterocycles. The fourth-order valence-corrected chi connectivity index (χ4v) is 5.27. The highest BCUT2D eigenvalue weighted by atomic mass is 32.2. The second-order valence-electron chi connectivity index (χ2n) is 8.19. The van der Waals surface area contributed by atoms with Gasteiger partial charge in [-0.25, -0.2) is 9.59 Å². The summed E-state index contributed by atoms with van der Waals surface area (Å²) in [6.45, 7) is 0.561. The van der Waals surface area contributed by atoms with Crippen molar-refractivity contribution in [2.75, 3.05) is 11.5 Å². The first-order valence-electron chi connectivity index (χ1n) is 11.0. The third-order valence-electron chi connectivity index (χ3n) is 5.82. The van der Waals surface area contributed by atoms with Gasteiger partial charge in [0, 0.05) is 23.9 Å². The topological polar surface area (TPSA) is 185 Å². The van der Waals surface area contributed by atoms with E-state index in [9.17, 15) is 45.0 Å². The van der Waals surface area contributed by atoms with Crippen LogP contribution in [0.5, 0.6) is 0 Å². The zero-order chi connectivity index (χ0) is 26.6. The van der Waals surface area contributed by atoms with Gasteiger partial charge in [0.25, 0.3) is 0 Å². The van der Waals surface area contributed by atoms with E-state index in [1.165, 1.54) is 25.1 Å². The molecule has 2 aromatic carbocycles. The highest BCUT2D eigenvalue weighted by Crippen LogP contribution is 2.37. The minimum Gasteiger partial charge on any atom is -0.480 e. The monoisotopic (exact) mass is 521 g/mol. The number of ether oxygens (including phenoxy) is 1. The molecule has 1 amide bonds. The third kappa shape index (κ3) is 5.86. The van der Waals surface area contributed by atoms with Crippen LogP contribution in [0.1, 0.15) is 22.8 Å². The van der Waals surface area contributed by atoms with Crippen molar-refractivity contribution in [3.05, 3.63) is 59.7 Å². The van der Waals surface area contributed by atoms with Crippen LogP contribution < -0.4 is 4.90 Å². The van der Waals surface area contributed by atoms with Crippen LogP contribution >= 0.6 is 11.8 Å². The number of nitrogens with zero attached hydrogens (tertiary/aromatic N) is 1. The molecule has 1 unspecified atom stereocenters. The maximum atomic E-state index is 12.5. The molecule has 0 saturated carbocycles. The van der Waals surface area contributed by atoms with Crippen LogP contribution in [0.25, 0.3) is 0 Å². The van der Waals surface area contributed by atoms with Crippen LogP contribution in [-0.2, 0) is 20.7 Å². The number of carbonyl (C=O) groups is 3. The predicted octanol–water partition coefficient (Wildman–Crippen LogP) is 0.326. The zero-order valence-electron chi connectivity index (χ0n) is 19.2. The number of hydrogen-bond donors (Lipinski definition) is 6. The van der Waals surface area contributed by atoms with Crippen LogP contribution in [0.2, 0.25) is 0 Å². The summed E-state index contributed by atoms with van der Waals surface area (Å²) in [5.41, 5.74) is -1.05. The quantitative estimate of drug-likeness (QED) is 0.267. The van der Waals surface area contributed by atoms with E-state index in [1.54, 1.807) is 30.3 Å². The first-order valence-corrected chi connectivity index (χ1v) is 11.8. The maximum Gasteiger partial charge on any atom is 0.336 e. The van der Waals surface area contributed by atoms with Gasteiger partial charge in [-0.1, -0.05) is 36.0 Å². The number of para-hydroxylation sites is 1. The first-order chi connectivity index (χ1) is 17.1. The van der Waals surface area contributed by atoms with Crippen molar-refractivity contribution < 1.29 is 49.8 Å². The number of aliphatic hydroxyl groups is 4. The number of rotatable bonds is 9. The molecule has 1 heterocycles. The van der Waals surface area contributed by atoms with Crippen molar-refractivity contribution in [3.63, 3.8) is 0 Å². The van der Waals surface area contributed by atoms with Crippen molar-refractivity contribution in [2.45, 2.75) is 54.1 Å². The minimum absolute atomic E-state index is 0.0709. The van der Waals surface area contributed by atoms with Gasteiger partial charge in [0.1, 0.15) is 35.9 Å². The molecular formula is C24H27NO10S. The van der Waals surface area contributed by atoms with Crippen molar-refractivity contribution in [1.82, 2.24) is 0 Å². The lowest BCUT2D eigenvalue weighted by molar-refractivity contribution is -0.205. The minimum atomic E-state index is -1.64. The number of aliphatic carboxylic acids is 1. The molecular weight excluding hydrogens is 494 g/mol. The van der Waals surface area contributed by atoms with Crippen LogP contribution in [0.15, 0.2) is 53.4 Å². The Morgan fingerprint density at radius 3 is 2.19 bits per heavy atom. The Kier molecular flexibility index (Phi) is 9.06. The number of hydrogen-bond acceptors (Lipinski definition) is 9. The van der Waals surface area contributed by atoms with Gasteiger partial charge in [-0.2, -0.15) is 0 Å². The predicted molar refractivity (Wildman–Crippen MR) is 128 cm³/mol. The Morgan fingerprint density at radius 2 is 1.64 bits per heavy atom. The molecule has 0 aliphatic carbocycles. The lowest BCUT2D eigenvalue weighted by atomic mass is 9.98. The molecule has 6 N–H and O–H groups in total. The van der Waals surface area contributed by atoms with Gasteiger partial charge in [-0.3, -0.25) is 9.69 Å². The van der Waals surface area contributed by atoms with E-state index in [0.717, 1.165) is 16.7 Å². The Hall–Kier alpha value is -3.00. The molecule has 36 heavy (non-hydrogen) atoms. The van der Waals surface area contributed by atoms with E-state index in [0.29, 0.717) is 5.69 Å². The highest BCUT2D eigenvalue weighted by Gasteiger charge is 2.44. The first kappa shape index (κ1) is 27.6. The highest BCUT2D eigenvalue weighted by molar-refractivity contribution is 7.99. The number of benzene rings is 2. The number of carboxylic acid groups (broad SMARTS) is 2. The Morgan fingerprint density at radius 1 is 0.972 bits per heavy atom. The van der Waals surface area contributed by atoms with Gasteiger partial charge in [-0.15, -0.1) is 0 Å². The van der Waals surface area contributed by atoms with Gasteiger partial charge in [0.05, 0.1) is 12.2 Å². The second-order valence-corrected chi connectivity index (χ2v) is 9.33. The van der Waals surface area contributed by atoms with Gasteiger partial charge < -0.3 is 35.4 Å². The molecule has 6 atom stereocenters. The SMILES string of the molecule is CC(=O)N(c1ccccc1)[C@@H](Cc1c(SC2O[C@H](CO)[C@@H](O)[C@H](O)[C@@H]2O)cccc1C(=O)O)C(=O)O. The number of carboxylic acids is 2. The summed E-state index contributed by atoms with van der Waals surface area (Å²) in [5, 5.41) is 59.9. The number of aromatic carboxylic acids is 1. The maximum absolute atomic E-state index is 12.5. The van der Waals surface area contributed by atoms with Crippen molar-refractivity contribution in [2.24, 2.45) is 0 Å². The number of thioether (sulfide) groups is 1. The summed E-state index contributed by atoms with van der Waals surface area (Å²) in [4.78, 5) is 38.1. The van der Waals surface area contributed by atoms with E-state index in [4.69, 9.17) is 4.74 Å². The van der Waals surface area contributed by atoms with E-state index in [2.05, 4.69) is 0 Å². The molecule has 11 nitrogen and oxygen atoms in total. The summed E-state index contributed by atoms with van der Waals surface area (Å²) < 4.78 is 5.52. The fourth-order valence-electron chi connectivity index (χ4n) is 4.03. The molecule has 1 saturated heterocycles. The Balaban J connectivity index is 2.03. The summed E-state index contributed by atoms with van der Waals surface area (Å²) in [5.74, 6) is -3.26. The van der Waals surface area contributed by atoms with E-state index in [-0.39, 0.29) is 16.0 Å². The molecule has 0 radical (unpaired) electrons. The molecule has 2 aromatic rings. The van der Waals surface area contributed by atoms with Crippen LogP contribution in [0.3, 0.4) is 0 Å². The molecule has 12 heteroatoms. The summed E-state index contributed by atoms with van der Waals surface area (Å²) in [7, 11) is 0. The van der Waals surface area contributed by atoms with E-state index in [1.807, 2.05) is 0 Å². The second kappa shape index (κ2) is 11.8. The summed E-state index contributed by atoms with van der Waals surface area (Å²) >= 11 is 0.811.